The van der Waals surface area contributed by atoms with Gasteiger partial charge in [0.25, 0.3) is 0 Å². The molecule has 0 amide bonds. The zero-order valence-corrected chi connectivity index (χ0v) is 10.9. The Labute approximate surface area is 121 Å². The second-order valence-electron chi connectivity index (χ2n) is 4.35. The lowest BCUT2D eigenvalue weighted by Crippen LogP contribution is -1.96. The Hall–Kier alpha value is -2.74. The van der Waals surface area contributed by atoms with Crippen LogP contribution in [-0.2, 0) is 0 Å². The van der Waals surface area contributed by atoms with Crippen molar-refractivity contribution in [3.63, 3.8) is 0 Å². The molecule has 3 rings (SSSR count). The van der Waals surface area contributed by atoms with Gasteiger partial charge in [0.15, 0.2) is 0 Å². The number of para-hydroxylation sites is 4. The van der Waals surface area contributed by atoms with Crippen LogP contribution in [0, 0.1) is 0 Å². The molecule has 3 aromatic rings. The average molecular weight is 262 g/mol. The predicted octanol–water partition coefficient (Wildman–Crippen LogP) is 5.17. The van der Waals surface area contributed by atoms with Crippen molar-refractivity contribution in [2.75, 3.05) is 10.6 Å². The smallest absolute Gasteiger partial charge is 0.0645 e. The van der Waals surface area contributed by atoms with Crippen LogP contribution in [0.15, 0.2) is 84.9 Å². The van der Waals surface area contributed by atoms with E-state index in [0.717, 1.165) is 22.7 Å². The Morgan fingerprint density at radius 3 is 1.45 bits per heavy atom. The molecule has 0 unspecified atom stereocenters. The molecule has 0 aliphatic carbocycles. The number of anilines is 4. The minimum atomic E-state index is 0.443. The van der Waals surface area contributed by atoms with E-state index in [0.29, 0.717) is 12.1 Å². The van der Waals surface area contributed by atoms with Crippen molar-refractivity contribution in [1.29, 1.82) is 0 Å². The average Bonchev–Trinajstić information content (AvgIpc) is 2.53. The molecule has 0 aliphatic rings. The molecular weight excluding hydrogens is 244 g/mol. The molecule has 0 saturated carbocycles. The molecule has 98 valence electrons. The molecule has 3 aromatic carbocycles. The highest BCUT2D eigenvalue weighted by molar-refractivity contribution is 5.78. The Morgan fingerprint density at radius 2 is 1.00 bits per heavy atom. The second-order valence-corrected chi connectivity index (χ2v) is 4.35. The van der Waals surface area contributed by atoms with Gasteiger partial charge in [0.1, 0.15) is 0 Å². The highest BCUT2D eigenvalue weighted by Gasteiger charge is 2.02. The van der Waals surface area contributed by atoms with Gasteiger partial charge < -0.3 is 10.6 Å². The van der Waals surface area contributed by atoms with Crippen molar-refractivity contribution in [3.05, 3.63) is 84.9 Å². The molecule has 2 N–H and O–H groups in total. The predicted molar refractivity (Wildman–Crippen MR) is 85.9 cm³/mol. The summed E-state index contributed by atoms with van der Waals surface area (Å²) in [5.41, 5.74) is 3.22. The third-order valence-corrected chi connectivity index (χ3v) is 2.88. The highest BCUT2D eigenvalue weighted by Crippen LogP contribution is 2.27. The van der Waals surface area contributed by atoms with Crippen LogP contribution in [0.5, 0.6) is 0 Å². The van der Waals surface area contributed by atoms with Gasteiger partial charge in [-0.25, -0.2) is 0 Å². The van der Waals surface area contributed by atoms with E-state index in [1.54, 1.807) is 12.1 Å². The molecule has 0 radical (unpaired) electrons. The van der Waals surface area contributed by atoms with E-state index >= 15 is 0 Å². The molecule has 0 heterocycles. The number of hydrogen-bond donors (Lipinski definition) is 2. The summed E-state index contributed by atoms with van der Waals surface area (Å²) in [6, 6.07) is 23.4. The Morgan fingerprint density at radius 1 is 0.550 bits per heavy atom. The Bertz CT molecular complexity index is 721. The molecule has 0 aliphatic heterocycles. The molecule has 20 heavy (non-hydrogen) atoms. The minimum Gasteiger partial charge on any atom is -0.354 e. The van der Waals surface area contributed by atoms with Crippen LogP contribution in [0.25, 0.3) is 0 Å². The Balaban J connectivity index is 1.91. The van der Waals surface area contributed by atoms with Crippen LogP contribution in [0.4, 0.5) is 22.7 Å². The maximum absolute atomic E-state index is 7.93. The summed E-state index contributed by atoms with van der Waals surface area (Å²) in [4.78, 5) is 0. The van der Waals surface area contributed by atoms with Crippen LogP contribution in [0.1, 0.15) is 2.74 Å². The van der Waals surface area contributed by atoms with Gasteiger partial charge in [-0.1, -0.05) is 48.5 Å². The van der Waals surface area contributed by atoms with Crippen molar-refractivity contribution in [2.45, 2.75) is 0 Å². The van der Waals surface area contributed by atoms with Crippen LogP contribution in [0.2, 0.25) is 0 Å². The molecule has 0 atom stereocenters. The van der Waals surface area contributed by atoms with E-state index in [-0.39, 0.29) is 0 Å². The molecule has 2 heteroatoms. The van der Waals surface area contributed by atoms with Gasteiger partial charge in [-0.05, 0) is 36.4 Å². The van der Waals surface area contributed by atoms with Crippen molar-refractivity contribution in [3.8, 4) is 0 Å². The first kappa shape index (κ1) is 10.1. The van der Waals surface area contributed by atoms with Gasteiger partial charge in [0.05, 0.1) is 14.1 Å². The first-order valence-corrected chi connectivity index (χ1v) is 6.48. The van der Waals surface area contributed by atoms with Crippen molar-refractivity contribution in [1.82, 2.24) is 0 Å². The minimum absolute atomic E-state index is 0.443. The molecule has 0 fully saturated rings. The molecule has 0 aromatic heterocycles. The van der Waals surface area contributed by atoms with E-state index in [1.807, 2.05) is 60.7 Å². The first-order valence-electron chi connectivity index (χ1n) is 7.48. The summed E-state index contributed by atoms with van der Waals surface area (Å²) in [6.07, 6.45) is 0. The van der Waals surface area contributed by atoms with E-state index in [9.17, 15) is 0 Å². The molecule has 0 spiro atoms. The summed E-state index contributed by atoms with van der Waals surface area (Å²) in [5, 5.41) is 6.54. The fraction of sp³-hybridized carbons (Fsp3) is 0. The lowest BCUT2D eigenvalue weighted by Gasteiger charge is -2.13. The van der Waals surface area contributed by atoms with Crippen LogP contribution in [0.3, 0.4) is 0 Å². The zero-order valence-electron chi connectivity index (χ0n) is 12.9. The Kier molecular flexibility index (Phi) is 3.00. The van der Waals surface area contributed by atoms with Crippen LogP contribution in [-0.4, -0.2) is 0 Å². The third-order valence-electron chi connectivity index (χ3n) is 2.88. The summed E-state index contributed by atoms with van der Waals surface area (Å²) in [5.74, 6) is 0. The maximum Gasteiger partial charge on any atom is 0.0645 e. The van der Waals surface area contributed by atoms with E-state index in [2.05, 4.69) is 10.6 Å². The van der Waals surface area contributed by atoms with Crippen molar-refractivity contribution < 1.29 is 2.74 Å². The number of nitrogens with one attached hydrogen (secondary N) is 2. The molecule has 2 nitrogen and oxygen atoms in total. The van der Waals surface area contributed by atoms with Gasteiger partial charge in [-0.15, -0.1) is 0 Å². The van der Waals surface area contributed by atoms with Gasteiger partial charge >= 0.3 is 0 Å². The summed E-state index contributed by atoms with van der Waals surface area (Å²) < 4.78 is 15.9. The fourth-order valence-electron chi connectivity index (χ4n) is 1.93. The molecule has 0 saturated heterocycles. The highest BCUT2D eigenvalue weighted by atomic mass is 15.0. The van der Waals surface area contributed by atoms with E-state index < -0.39 is 0 Å². The fourth-order valence-corrected chi connectivity index (χ4v) is 1.93. The van der Waals surface area contributed by atoms with Crippen LogP contribution >= 0.6 is 0 Å². The van der Waals surface area contributed by atoms with Gasteiger partial charge in [0.2, 0.25) is 0 Å². The SMILES string of the molecule is [2H]c1ccccc1Nc1ccccc1Nc1ccccc1[2H]. The third kappa shape index (κ3) is 2.98. The van der Waals surface area contributed by atoms with Gasteiger partial charge in [-0.2, -0.15) is 0 Å². The molecular formula is C18H16N2. The largest absolute Gasteiger partial charge is 0.354 e. The summed E-state index contributed by atoms with van der Waals surface area (Å²) >= 11 is 0. The number of hydrogen-bond acceptors (Lipinski definition) is 2. The van der Waals surface area contributed by atoms with Crippen molar-refractivity contribution >= 4 is 22.7 Å². The van der Waals surface area contributed by atoms with Gasteiger partial charge in [-0.3, -0.25) is 0 Å². The lowest BCUT2D eigenvalue weighted by atomic mass is 10.2. The summed E-state index contributed by atoms with van der Waals surface area (Å²) in [7, 11) is 0. The molecule has 0 bridgehead atoms. The van der Waals surface area contributed by atoms with Crippen molar-refractivity contribution in [2.24, 2.45) is 0 Å². The number of benzene rings is 3. The van der Waals surface area contributed by atoms with Crippen LogP contribution < -0.4 is 10.6 Å². The monoisotopic (exact) mass is 262 g/mol. The standard InChI is InChI=1S/C18H16N2/c1-3-9-15(10-4-1)19-17-13-7-8-14-18(17)20-16-11-5-2-6-12-16/h1-14,19-20H/i9D,11D. The van der Waals surface area contributed by atoms with Gasteiger partial charge in [0, 0.05) is 11.4 Å². The maximum atomic E-state index is 7.93. The normalized spacial score (nSPS) is 11.4. The second kappa shape index (κ2) is 5.93. The van der Waals surface area contributed by atoms with E-state index in [1.165, 1.54) is 0 Å². The topological polar surface area (TPSA) is 24.1 Å². The number of rotatable bonds is 4. The first-order chi connectivity index (χ1) is 10.7. The quantitative estimate of drug-likeness (QED) is 0.677. The van der Waals surface area contributed by atoms with E-state index in [4.69, 9.17) is 2.74 Å². The summed E-state index contributed by atoms with van der Waals surface area (Å²) in [6.45, 7) is 0. The zero-order chi connectivity index (χ0) is 15.4. The lowest BCUT2D eigenvalue weighted by molar-refractivity contribution is 1.50.